The van der Waals surface area contributed by atoms with Gasteiger partial charge in [-0.05, 0) is 62.4 Å². The Morgan fingerprint density at radius 3 is 2.22 bits per heavy atom. The van der Waals surface area contributed by atoms with Crippen molar-refractivity contribution < 1.29 is 24.9 Å². The van der Waals surface area contributed by atoms with Crippen molar-refractivity contribution >= 4 is 17.6 Å². The summed E-state index contributed by atoms with van der Waals surface area (Å²) in [7, 11) is 0. The molecule has 144 valence electrons. The number of hydrogen-bond acceptors (Lipinski definition) is 4. The van der Waals surface area contributed by atoms with Crippen molar-refractivity contribution in [2.45, 2.75) is 45.3 Å². The summed E-state index contributed by atoms with van der Waals surface area (Å²) < 4.78 is 0. The van der Waals surface area contributed by atoms with Crippen LogP contribution >= 0.6 is 0 Å². The molecule has 1 aliphatic rings. The van der Waals surface area contributed by atoms with Crippen LogP contribution in [0.3, 0.4) is 0 Å². The van der Waals surface area contributed by atoms with Gasteiger partial charge in [0, 0.05) is 11.7 Å². The fourth-order valence-corrected chi connectivity index (χ4v) is 3.19. The first kappa shape index (κ1) is 20.5. The fraction of sp³-hybridized carbons (Fsp3) is 0.333. The SMILES string of the molecule is CC(O)CC1CCc2ccccc2N1.Cc1c(C(=O)O)cccc1C(=O)O. The van der Waals surface area contributed by atoms with Gasteiger partial charge in [0.05, 0.1) is 17.2 Å². The predicted octanol–water partition coefficient (Wildman–Crippen LogP) is 3.58. The Morgan fingerprint density at radius 2 is 1.67 bits per heavy atom. The van der Waals surface area contributed by atoms with Gasteiger partial charge in [0.25, 0.3) is 0 Å². The molecule has 2 aromatic carbocycles. The number of anilines is 1. The molecular formula is C21H25NO5. The summed E-state index contributed by atoms with van der Waals surface area (Å²) >= 11 is 0. The highest BCUT2D eigenvalue weighted by molar-refractivity contribution is 5.96. The highest BCUT2D eigenvalue weighted by Gasteiger charge is 2.18. The van der Waals surface area contributed by atoms with Crippen molar-refractivity contribution in [3.63, 3.8) is 0 Å². The summed E-state index contributed by atoms with van der Waals surface area (Å²) in [4.78, 5) is 21.2. The number of aliphatic hydroxyl groups is 1. The summed E-state index contributed by atoms with van der Waals surface area (Å²) in [5.74, 6) is -2.22. The molecule has 0 spiro atoms. The summed E-state index contributed by atoms with van der Waals surface area (Å²) in [6.07, 6.45) is 2.88. The first-order valence-electron chi connectivity index (χ1n) is 8.88. The maximum atomic E-state index is 10.6. The molecule has 0 fully saturated rings. The van der Waals surface area contributed by atoms with Crippen LogP contribution in [0.2, 0.25) is 0 Å². The molecule has 0 aliphatic carbocycles. The summed E-state index contributed by atoms with van der Waals surface area (Å²) in [5.41, 5.74) is 2.97. The number of nitrogens with one attached hydrogen (secondary N) is 1. The fourth-order valence-electron chi connectivity index (χ4n) is 3.19. The van der Waals surface area contributed by atoms with Gasteiger partial charge in [-0.2, -0.15) is 0 Å². The van der Waals surface area contributed by atoms with Crippen LogP contribution in [0.15, 0.2) is 42.5 Å². The molecule has 27 heavy (non-hydrogen) atoms. The quantitative estimate of drug-likeness (QED) is 0.654. The van der Waals surface area contributed by atoms with Crippen LogP contribution < -0.4 is 5.32 Å². The second-order valence-corrected chi connectivity index (χ2v) is 6.71. The number of para-hydroxylation sites is 1. The van der Waals surface area contributed by atoms with Gasteiger partial charge in [-0.3, -0.25) is 0 Å². The topological polar surface area (TPSA) is 107 Å². The molecule has 4 N–H and O–H groups in total. The Labute approximate surface area is 158 Å². The predicted molar refractivity (Wildman–Crippen MR) is 104 cm³/mol. The van der Waals surface area contributed by atoms with Gasteiger partial charge in [-0.15, -0.1) is 0 Å². The Kier molecular flexibility index (Phi) is 6.96. The van der Waals surface area contributed by atoms with Gasteiger partial charge in [-0.1, -0.05) is 24.3 Å². The number of fused-ring (bicyclic) bond motifs is 1. The molecule has 6 heteroatoms. The smallest absolute Gasteiger partial charge is 0.335 e. The molecule has 2 aromatic rings. The van der Waals surface area contributed by atoms with Crippen LogP contribution in [0.5, 0.6) is 0 Å². The maximum Gasteiger partial charge on any atom is 0.335 e. The Bertz CT molecular complexity index is 784. The second kappa shape index (κ2) is 9.19. The highest BCUT2D eigenvalue weighted by atomic mass is 16.4. The molecule has 0 bridgehead atoms. The Morgan fingerprint density at radius 1 is 1.07 bits per heavy atom. The minimum Gasteiger partial charge on any atom is -0.478 e. The molecule has 0 saturated heterocycles. The van der Waals surface area contributed by atoms with Crippen LogP contribution in [0, 0.1) is 6.92 Å². The third-order valence-corrected chi connectivity index (χ3v) is 4.56. The van der Waals surface area contributed by atoms with Crippen molar-refractivity contribution in [1.82, 2.24) is 0 Å². The standard InChI is InChI=1S/C12H17NO.C9H8O4/c1-9(14)8-11-7-6-10-4-2-3-5-12(10)13-11;1-5-6(8(10)11)3-2-4-7(5)9(12)13/h2-5,9,11,13-14H,6-8H2,1H3;2-4H,1H3,(H,10,11)(H,12,13). The van der Waals surface area contributed by atoms with Crippen molar-refractivity contribution in [3.05, 3.63) is 64.7 Å². The minimum absolute atomic E-state index is 0.0277. The van der Waals surface area contributed by atoms with Gasteiger partial charge in [-0.25, -0.2) is 9.59 Å². The molecule has 1 aliphatic heterocycles. The van der Waals surface area contributed by atoms with E-state index in [1.165, 1.54) is 36.4 Å². The second-order valence-electron chi connectivity index (χ2n) is 6.71. The first-order chi connectivity index (χ1) is 12.8. The zero-order chi connectivity index (χ0) is 20.0. The molecule has 3 rings (SSSR count). The zero-order valence-corrected chi connectivity index (χ0v) is 15.5. The van der Waals surface area contributed by atoms with Crippen molar-refractivity contribution in [3.8, 4) is 0 Å². The number of rotatable bonds is 4. The largest absolute Gasteiger partial charge is 0.478 e. The van der Waals surface area contributed by atoms with Crippen molar-refractivity contribution in [1.29, 1.82) is 0 Å². The van der Waals surface area contributed by atoms with Crippen LogP contribution in [-0.2, 0) is 6.42 Å². The monoisotopic (exact) mass is 371 g/mol. The van der Waals surface area contributed by atoms with E-state index in [0.29, 0.717) is 6.04 Å². The number of aryl methyl sites for hydroxylation is 1. The molecule has 2 atom stereocenters. The van der Waals surface area contributed by atoms with Gasteiger partial charge in [0.15, 0.2) is 0 Å². The molecular weight excluding hydrogens is 346 g/mol. The summed E-state index contributed by atoms with van der Waals surface area (Å²) in [5, 5.41) is 30.1. The van der Waals surface area contributed by atoms with Crippen molar-refractivity contribution in [2.75, 3.05) is 5.32 Å². The number of carboxylic acid groups (broad SMARTS) is 2. The van der Waals surface area contributed by atoms with Crippen LogP contribution in [-0.4, -0.2) is 39.4 Å². The lowest BCUT2D eigenvalue weighted by Crippen LogP contribution is -2.28. The molecule has 2 unspecified atom stereocenters. The maximum absolute atomic E-state index is 10.6. The number of aliphatic hydroxyl groups excluding tert-OH is 1. The lowest BCUT2D eigenvalue weighted by atomic mass is 9.95. The van der Waals surface area contributed by atoms with Gasteiger partial charge < -0.3 is 20.6 Å². The summed E-state index contributed by atoms with van der Waals surface area (Å²) in [6.45, 7) is 3.33. The Balaban J connectivity index is 0.000000194. The average Bonchev–Trinajstić information content (AvgIpc) is 2.61. The molecule has 0 amide bonds. The molecule has 1 heterocycles. The van der Waals surface area contributed by atoms with Crippen LogP contribution in [0.1, 0.15) is 51.6 Å². The number of carboxylic acids is 2. The Hall–Kier alpha value is -2.86. The van der Waals surface area contributed by atoms with Crippen LogP contribution in [0.4, 0.5) is 5.69 Å². The molecule has 6 nitrogen and oxygen atoms in total. The van der Waals surface area contributed by atoms with Gasteiger partial charge >= 0.3 is 11.9 Å². The normalized spacial score (nSPS) is 16.2. The first-order valence-corrected chi connectivity index (χ1v) is 8.88. The van der Waals surface area contributed by atoms with E-state index < -0.39 is 11.9 Å². The van der Waals surface area contributed by atoms with E-state index in [1.54, 1.807) is 0 Å². The summed E-state index contributed by atoms with van der Waals surface area (Å²) in [6, 6.07) is 13.0. The van der Waals surface area contributed by atoms with E-state index in [2.05, 4.69) is 29.6 Å². The average molecular weight is 371 g/mol. The van der Waals surface area contributed by atoms with E-state index in [0.717, 1.165) is 19.3 Å². The van der Waals surface area contributed by atoms with Crippen LogP contribution in [0.25, 0.3) is 0 Å². The minimum atomic E-state index is -1.11. The molecule has 0 saturated carbocycles. The van der Waals surface area contributed by atoms with E-state index in [4.69, 9.17) is 10.2 Å². The van der Waals surface area contributed by atoms with Gasteiger partial charge in [0.2, 0.25) is 0 Å². The molecule has 0 aromatic heterocycles. The third kappa shape index (κ3) is 5.56. The van der Waals surface area contributed by atoms with Crippen molar-refractivity contribution in [2.24, 2.45) is 0 Å². The number of aromatic carboxylic acids is 2. The van der Waals surface area contributed by atoms with E-state index >= 15 is 0 Å². The lowest BCUT2D eigenvalue weighted by Gasteiger charge is -2.27. The third-order valence-electron chi connectivity index (χ3n) is 4.56. The van der Waals surface area contributed by atoms with Gasteiger partial charge in [0.1, 0.15) is 0 Å². The number of carbonyl (C=O) groups is 2. The zero-order valence-electron chi connectivity index (χ0n) is 15.5. The lowest BCUT2D eigenvalue weighted by molar-refractivity contribution is 0.0696. The van der Waals surface area contributed by atoms with E-state index in [9.17, 15) is 14.7 Å². The number of benzene rings is 2. The highest BCUT2D eigenvalue weighted by Crippen LogP contribution is 2.25. The molecule has 0 radical (unpaired) electrons. The van der Waals surface area contributed by atoms with E-state index in [-0.39, 0.29) is 22.8 Å². The number of hydrogen-bond donors (Lipinski definition) is 4. The van der Waals surface area contributed by atoms with E-state index in [1.807, 2.05) is 6.92 Å².